The number of rotatable bonds is 7. The highest BCUT2D eigenvalue weighted by molar-refractivity contribution is 7.17. The van der Waals surface area contributed by atoms with Gasteiger partial charge in [0.05, 0.1) is 5.69 Å². The van der Waals surface area contributed by atoms with Crippen LogP contribution in [0.4, 0.5) is 10.7 Å². The number of halogens is 1. The molecule has 1 aliphatic rings. The second kappa shape index (κ2) is 10.1. The van der Waals surface area contributed by atoms with Gasteiger partial charge < -0.3 is 11.1 Å². The van der Waals surface area contributed by atoms with E-state index in [9.17, 15) is 4.79 Å². The molecule has 0 radical (unpaired) electrons. The highest BCUT2D eigenvalue weighted by Crippen LogP contribution is 2.39. The zero-order valence-electron chi connectivity index (χ0n) is 18.7. The first-order valence-electron chi connectivity index (χ1n) is 11.3. The molecule has 3 aromatic rings. The summed E-state index contributed by atoms with van der Waals surface area (Å²) >= 11 is 7.63. The van der Waals surface area contributed by atoms with E-state index in [1.54, 1.807) is 11.3 Å². The number of nitrogens with one attached hydrogen (secondary N) is 1. The van der Waals surface area contributed by atoms with Crippen LogP contribution in [0.3, 0.4) is 0 Å². The van der Waals surface area contributed by atoms with E-state index in [1.165, 1.54) is 27.1 Å². The van der Waals surface area contributed by atoms with Gasteiger partial charge in [0.25, 0.3) is 0 Å². The van der Waals surface area contributed by atoms with Crippen LogP contribution in [0.5, 0.6) is 0 Å². The molecule has 2 aromatic carbocycles. The lowest BCUT2D eigenvalue weighted by atomic mass is 10.0. The molecule has 0 saturated heterocycles. The quantitative estimate of drug-likeness (QED) is 0.412. The largest absolute Gasteiger partial charge is 0.396 e. The molecule has 0 fully saturated rings. The topological polar surface area (TPSA) is 58.4 Å². The van der Waals surface area contributed by atoms with E-state index in [2.05, 4.69) is 48.3 Å². The Labute approximate surface area is 199 Å². The van der Waals surface area contributed by atoms with Crippen LogP contribution in [0.2, 0.25) is 5.02 Å². The van der Waals surface area contributed by atoms with Gasteiger partial charge in [-0.15, -0.1) is 11.3 Å². The first kappa shape index (κ1) is 22.8. The third-order valence-electron chi connectivity index (χ3n) is 6.31. The summed E-state index contributed by atoms with van der Waals surface area (Å²) in [7, 11) is 0. The molecule has 0 atom stereocenters. The molecule has 0 unspecified atom stereocenters. The Morgan fingerprint density at radius 1 is 1.09 bits per heavy atom. The third kappa shape index (κ3) is 5.01. The summed E-state index contributed by atoms with van der Waals surface area (Å²) in [5.41, 5.74) is 12.0. The second-order valence-corrected chi connectivity index (χ2v) is 9.96. The average molecular weight is 468 g/mol. The Morgan fingerprint density at radius 2 is 1.72 bits per heavy atom. The molecular formula is C26H30ClN3OS. The Hall–Kier alpha value is -2.34. The lowest BCUT2D eigenvalue weighted by Gasteiger charge is -2.27. The summed E-state index contributed by atoms with van der Waals surface area (Å²) in [6.07, 6.45) is 2.61. The van der Waals surface area contributed by atoms with E-state index in [1.807, 2.05) is 24.3 Å². The van der Waals surface area contributed by atoms with Crippen LogP contribution >= 0.6 is 22.9 Å². The number of nitrogens with two attached hydrogens (primary N) is 1. The van der Waals surface area contributed by atoms with Gasteiger partial charge in [-0.3, -0.25) is 9.69 Å². The molecule has 168 valence electrons. The van der Waals surface area contributed by atoms with Gasteiger partial charge in [-0.05, 0) is 53.6 Å². The standard InChI is InChI=1S/C26H30ClN3OS/c1-3-18(4-2)25(31)29-26-24(28)22-13-14-30(16-23(22)32-26)15-17-5-7-19(8-6-17)20-9-11-21(27)12-10-20/h5-12,18H,3-4,13-16,28H2,1-2H3,(H,29,31). The van der Waals surface area contributed by atoms with Gasteiger partial charge in [0.15, 0.2) is 0 Å². The van der Waals surface area contributed by atoms with Crippen molar-refractivity contribution >= 4 is 39.5 Å². The summed E-state index contributed by atoms with van der Waals surface area (Å²) in [4.78, 5) is 16.2. The maximum absolute atomic E-state index is 12.5. The van der Waals surface area contributed by atoms with E-state index >= 15 is 0 Å². The summed E-state index contributed by atoms with van der Waals surface area (Å²) in [6, 6.07) is 16.7. The predicted octanol–water partition coefficient (Wildman–Crippen LogP) is 6.58. The molecular weight excluding hydrogens is 438 g/mol. The van der Waals surface area contributed by atoms with Crippen molar-refractivity contribution < 1.29 is 4.79 Å². The number of hydrogen-bond acceptors (Lipinski definition) is 4. The van der Waals surface area contributed by atoms with Gasteiger partial charge in [0.1, 0.15) is 5.00 Å². The van der Waals surface area contributed by atoms with Gasteiger partial charge in [0, 0.05) is 35.5 Å². The lowest BCUT2D eigenvalue weighted by Crippen LogP contribution is -2.29. The lowest BCUT2D eigenvalue weighted by molar-refractivity contribution is -0.120. The van der Waals surface area contributed by atoms with Crippen molar-refractivity contribution in [3.63, 3.8) is 0 Å². The number of anilines is 2. The normalized spacial score (nSPS) is 13.9. The molecule has 2 heterocycles. The van der Waals surface area contributed by atoms with Crippen molar-refractivity contribution in [2.24, 2.45) is 5.92 Å². The Morgan fingerprint density at radius 3 is 2.34 bits per heavy atom. The number of amides is 1. The van der Waals surface area contributed by atoms with E-state index in [0.29, 0.717) is 0 Å². The molecule has 0 aliphatic carbocycles. The van der Waals surface area contributed by atoms with Gasteiger partial charge in [0.2, 0.25) is 5.91 Å². The van der Waals surface area contributed by atoms with Gasteiger partial charge in [-0.2, -0.15) is 0 Å². The average Bonchev–Trinajstić information content (AvgIpc) is 3.10. The Bertz CT molecular complexity index is 1070. The molecule has 0 spiro atoms. The van der Waals surface area contributed by atoms with Crippen LogP contribution in [0.1, 0.15) is 42.7 Å². The molecule has 0 bridgehead atoms. The van der Waals surface area contributed by atoms with Crippen molar-refractivity contribution in [3.8, 4) is 11.1 Å². The fourth-order valence-electron chi connectivity index (χ4n) is 4.29. The molecule has 1 aliphatic heterocycles. The van der Waals surface area contributed by atoms with Gasteiger partial charge >= 0.3 is 0 Å². The molecule has 1 aromatic heterocycles. The monoisotopic (exact) mass is 467 g/mol. The number of thiophene rings is 1. The minimum absolute atomic E-state index is 0.0425. The maximum atomic E-state index is 12.5. The molecule has 3 N–H and O–H groups in total. The second-order valence-electron chi connectivity index (χ2n) is 8.41. The Kier molecular flexibility index (Phi) is 7.19. The van der Waals surface area contributed by atoms with Crippen molar-refractivity contribution in [2.45, 2.75) is 46.2 Å². The van der Waals surface area contributed by atoms with Crippen LogP contribution in [0, 0.1) is 5.92 Å². The van der Waals surface area contributed by atoms with Crippen molar-refractivity contribution in [1.82, 2.24) is 4.90 Å². The number of benzene rings is 2. The Balaban J connectivity index is 1.41. The fourth-order valence-corrected chi connectivity index (χ4v) is 5.62. The van der Waals surface area contributed by atoms with E-state index in [4.69, 9.17) is 17.3 Å². The molecule has 4 nitrogen and oxygen atoms in total. The highest BCUT2D eigenvalue weighted by atomic mass is 35.5. The number of fused-ring (bicyclic) bond motifs is 1. The molecule has 32 heavy (non-hydrogen) atoms. The minimum atomic E-state index is 0.0425. The number of carbonyl (C=O) groups excluding carboxylic acids is 1. The summed E-state index contributed by atoms with van der Waals surface area (Å²) in [5.74, 6) is 0.124. The van der Waals surface area contributed by atoms with Gasteiger partial charge in [-0.25, -0.2) is 0 Å². The molecule has 1 amide bonds. The van der Waals surface area contributed by atoms with Crippen molar-refractivity contribution in [1.29, 1.82) is 0 Å². The predicted molar refractivity (Wildman–Crippen MR) is 136 cm³/mol. The van der Waals surface area contributed by atoms with E-state index in [0.717, 1.165) is 54.6 Å². The van der Waals surface area contributed by atoms with Crippen LogP contribution in [0.25, 0.3) is 11.1 Å². The van der Waals surface area contributed by atoms with Gasteiger partial charge in [-0.1, -0.05) is 61.8 Å². The third-order valence-corrected chi connectivity index (χ3v) is 7.71. The van der Waals surface area contributed by atoms with E-state index in [-0.39, 0.29) is 11.8 Å². The van der Waals surface area contributed by atoms with Crippen LogP contribution in [-0.4, -0.2) is 17.4 Å². The summed E-state index contributed by atoms with van der Waals surface area (Å²) < 4.78 is 0. The number of hydrogen-bond donors (Lipinski definition) is 2. The number of carbonyl (C=O) groups is 1. The van der Waals surface area contributed by atoms with Crippen LogP contribution in [-0.2, 0) is 24.3 Å². The number of nitrogen functional groups attached to an aromatic ring is 1. The van der Waals surface area contributed by atoms with Crippen molar-refractivity contribution in [2.75, 3.05) is 17.6 Å². The first-order chi connectivity index (χ1) is 15.5. The smallest absolute Gasteiger partial charge is 0.228 e. The molecule has 0 saturated carbocycles. The summed E-state index contributed by atoms with van der Waals surface area (Å²) in [5, 5.41) is 4.66. The number of nitrogens with zero attached hydrogens (tertiary/aromatic N) is 1. The molecule has 4 rings (SSSR count). The van der Waals surface area contributed by atoms with Crippen LogP contribution < -0.4 is 11.1 Å². The SMILES string of the molecule is CCC(CC)C(=O)Nc1sc2c(c1N)CCN(Cc1ccc(-c3ccc(Cl)cc3)cc1)C2. The zero-order chi connectivity index (χ0) is 22.7. The van der Waals surface area contributed by atoms with E-state index < -0.39 is 0 Å². The maximum Gasteiger partial charge on any atom is 0.228 e. The van der Waals surface area contributed by atoms with Crippen LogP contribution in [0.15, 0.2) is 48.5 Å². The zero-order valence-corrected chi connectivity index (χ0v) is 20.2. The van der Waals surface area contributed by atoms with Crippen molar-refractivity contribution in [3.05, 3.63) is 69.6 Å². The summed E-state index contributed by atoms with van der Waals surface area (Å²) in [6.45, 7) is 6.83. The molecule has 6 heteroatoms. The highest BCUT2D eigenvalue weighted by Gasteiger charge is 2.25. The first-order valence-corrected chi connectivity index (χ1v) is 12.5. The minimum Gasteiger partial charge on any atom is -0.396 e. The fraction of sp³-hybridized carbons (Fsp3) is 0.346.